The molecule has 0 fully saturated rings. The van der Waals surface area contributed by atoms with Gasteiger partial charge in [-0.25, -0.2) is 4.79 Å². The second kappa shape index (κ2) is 73.8. The Morgan fingerprint density at radius 1 is 0.333 bits per heavy atom. The minimum Gasteiger partial charge on any atom is -0.477 e. The molecule has 0 aliphatic rings. The van der Waals surface area contributed by atoms with Crippen molar-refractivity contribution in [2.24, 2.45) is 0 Å². The van der Waals surface area contributed by atoms with Gasteiger partial charge in [0.25, 0.3) is 6.29 Å². The van der Waals surface area contributed by atoms with Gasteiger partial charge in [-0.05, 0) is 103 Å². The average molecular weight is 1300 g/mol. The van der Waals surface area contributed by atoms with Crippen molar-refractivity contribution in [2.45, 2.75) is 360 Å². The third-order valence-corrected chi connectivity index (χ3v) is 17.0. The number of esters is 2. The fourth-order valence-corrected chi connectivity index (χ4v) is 11.1. The molecule has 1 N–H and O–H groups in total. The van der Waals surface area contributed by atoms with Crippen LogP contribution in [0, 0.1) is 0 Å². The Hall–Kier alpha value is -4.05. The normalized spacial score (nSPS) is 13.3. The highest BCUT2D eigenvalue weighted by molar-refractivity contribution is 5.71. The van der Waals surface area contributed by atoms with Gasteiger partial charge in [0.2, 0.25) is 0 Å². The van der Waals surface area contributed by atoms with Crippen molar-refractivity contribution in [1.82, 2.24) is 0 Å². The first kappa shape index (κ1) is 89.0. The zero-order chi connectivity index (χ0) is 67.5. The Balaban J connectivity index is 4.02. The van der Waals surface area contributed by atoms with Gasteiger partial charge in [-0.3, -0.25) is 9.59 Å². The van der Waals surface area contributed by atoms with Crippen molar-refractivity contribution in [1.29, 1.82) is 0 Å². The number of quaternary nitrogens is 1. The number of allylic oxidation sites excluding steroid dienone is 18. The summed E-state index contributed by atoms with van der Waals surface area (Å²) < 4.78 is 23.0. The zero-order valence-electron chi connectivity index (χ0n) is 61.4. The number of carbonyl (C=O) groups is 3. The minimum absolute atomic E-state index is 0.182. The molecule has 93 heavy (non-hydrogen) atoms. The van der Waals surface area contributed by atoms with Gasteiger partial charge in [-0.1, -0.05) is 342 Å². The lowest BCUT2D eigenvalue weighted by Crippen LogP contribution is -2.40. The first-order chi connectivity index (χ1) is 45.6. The van der Waals surface area contributed by atoms with Gasteiger partial charge in [0.05, 0.1) is 34.4 Å². The van der Waals surface area contributed by atoms with Crippen LogP contribution in [0.4, 0.5) is 0 Å². The van der Waals surface area contributed by atoms with E-state index in [9.17, 15) is 19.5 Å². The SMILES string of the molecule is CC/C=C\C/C=C\C/C=C\C/C=C\C/C=C\C/C=C\CCCCCCCCCCCCCCCCCCCCCCC(=O)OC(COC(=O)CCCCCCCCCCCCCCCC/C=C\C/C=C\C/C=C\CCCCCCC)COC(OCC[N+](C)(C)C)C(=O)O. The molecule has 0 bridgehead atoms. The van der Waals surface area contributed by atoms with Gasteiger partial charge in [0.15, 0.2) is 6.10 Å². The van der Waals surface area contributed by atoms with E-state index in [1.165, 1.54) is 231 Å². The molecule has 0 aromatic carbocycles. The van der Waals surface area contributed by atoms with E-state index in [0.717, 1.165) is 89.9 Å². The summed E-state index contributed by atoms with van der Waals surface area (Å²) in [6.07, 6.45) is 101. The van der Waals surface area contributed by atoms with Gasteiger partial charge >= 0.3 is 17.9 Å². The standard InChI is InChI=1S/C84H147NO8/c1-6-8-10-12-14-16-18-20-22-24-26-28-30-32-34-36-37-38-39-40-41-42-43-44-45-47-49-51-53-55-57-59-61-63-65-67-69-71-73-75-82(87)93-80(79-92-84(83(88)89)90-77-76-85(3,4)5)78-91-81(86)74-72-70-68-66-64-62-60-58-56-54-52-50-48-46-35-33-31-29-27-25-23-21-19-17-15-13-11-9-7-2/h8,10,14,16,19-22,25-28,31-34,37-38,80,84H,6-7,9,11-13,15,17-18,23-24,29-30,35-36,39-79H2,1-5H3/p+1/b10-8-,16-14-,21-19-,22-20-,27-25-,28-26-,33-31-,34-32-,38-37-. The number of ether oxygens (including phenoxy) is 4. The molecule has 536 valence electrons. The number of likely N-dealkylation sites (N-methyl/N-ethyl adjacent to an activating group) is 1. The maximum Gasteiger partial charge on any atom is 0.361 e. The van der Waals surface area contributed by atoms with E-state index in [-0.39, 0.29) is 32.2 Å². The third kappa shape index (κ3) is 75.2. The van der Waals surface area contributed by atoms with Crippen molar-refractivity contribution in [3.8, 4) is 0 Å². The van der Waals surface area contributed by atoms with Crippen LogP contribution in [0.1, 0.15) is 348 Å². The van der Waals surface area contributed by atoms with E-state index >= 15 is 0 Å². The van der Waals surface area contributed by atoms with Crippen molar-refractivity contribution >= 4 is 17.9 Å². The molecule has 0 aromatic heterocycles. The number of aliphatic carboxylic acids is 1. The summed E-state index contributed by atoms with van der Waals surface area (Å²) in [5, 5.41) is 9.77. The number of hydrogen-bond donors (Lipinski definition) is 1. The molecule has 0 aliphatic carbocycles. The summed E-state index contributed by atoms with van der Waals surface area (Å²) in [5.74, 6) is -1.99. The molecular weight excluding hydrogens is 1150 g/mol. The maximum absolute atomic E-state index is 13.0. The second-order valence-corrected chi connectivity index (χ2v) is 27.3. The Morgan fingerprint density at radius 2 is 0.613 bits per heavy atom. The highest BCUT2D eigenvalue weighted by Gasteiger charge is 2.25. The number of rotatable bonds is 72. The number of hydrogen-bond acceptors (Lipinski definition) is 7. The summed E-state index contributed by atoms with van der Waals surface area (Å²) in [6, 6.07) is 0. The van der Waals surface area contributed by atoms with Crippen molar-refractivity contribution < 1.29 is 42.9 Å². The number of nitrogens with zero attached hydrogens (tertiary/aromatic N) is 1. The first-order valence-electron chi connectivity index (χ1n) is 39.1. The van der Waals surface area contributed by atoms with Gasteiger partial charge in [0, 0.05) is 12.8 Å². The van der Waals surface area contributed by atoms with Crippen LogP contribution in [-0.4, -0.2) is 87.4 Å². The molecule has 2 unspecified atom stereocenters. The van der Waals surface area contributed by atoms with Crippen LogP contribution in [0.25, 0.3) is 0 Å². The van der Waals surface area contributed by atoms with Gasteiger partial charge in [-0.15, -0.1) is 0 Å². The minimum atomic E-state index is -1.51. The predicted molar refractivity (Wildman–Crippen MR) is 401 cm³/mol. The molecular formula is C84H148NO8+. The predicted octanol–water partition coefficient (Wildman–Crippen LogP) is 24.9. The fraction of sp³-hybridized carbons (Fsp3) is 0.750. The van der Waals surface area contributed by atoms with E-state index in [0.29, 0.717) is 17.4 Å². The van der Waals surface area contributed by atoms with E-state index in [4.69, 9.17) is 18.9 Å². The molecule has 0 heterocycles. The largest absolute Gasteiger partial charge is 0.477 e. The van der Waals surface area contributed by atoms with Gasteiger partial charge in [0.1, 0.15) is 13.2 Å². The van der Waals surface area contributed by atoms with E-state index in [2.05, 4.69) is 123 Å². The van der Waals surface area contributed by atoms with Crippen LogP contribution in [0.15, 0.2) is 109 Å². The Bertz CT molecular complexity index is 1900. The molecule has 0 saturated carbocycles. The van der Waals surface area contributed by atoms with Crippen LogP contribution in [-0.2, 0) is 33.3 Å². The second-order valence-electron chi connectivity index (χ2n) is 27.3. The number of carboxylic acid groups (broad SMARTS) is 1. The molecule has 0 aromatic rings. The van der Waals surface area contributed by atoms with Gasteiger partial charge < -0.3 is 28.5 Å². The molecule has 0 rings (SSSR count). The lowest BCUT2D eigenvalue weighted by Gasteiger charge is -2.25. The van der Waals surface area contributed by atoms with Crippen LogP contribution in [0.2, 0.25) is 0 Å². The number of carbonyl (C=O) groups excluding carboxylic acids is 2. The monoisotopic (exact) mass is 1300 g/mol. The van der Waals surface area contributed by atoms with Crippen LogP contribution < -0.4 is 0 Å². The topological polar surface area (TPSA) is 108 Å². The molecule has 0 spiro atoms. The highest BCUT2D eigenvalue weighted by Crippen LogP contribution is 2.18. The lowest BCUT2D eigenvalue weighted by atomic mass is 10.0. The fourth-order valence-electron chi connectivity index (χ4n) is 11.1. The van der Waals surface area contributed by atoms with Crippen molar-refractivity contribution in [3.05, 3.63) is 109 Å². The molecule has 0 saturated heterocycles. The molecule has 0 radical (unpaired) electrons. The molecule has 0 amide bonds. The zero-order valence-corrected chi connectivity index (χ0v) is 61.4. The number of carboxylic acids is 1. The van der Waals surface area contributed by atoms with Crippen molar-refractivity contribution in [2.75, 3.05) is 47.5 Å². The summed E-state index contributed by atoms with van der Waals surface area (Å²) >= 11 is 0. The Labute approximate surface area is 575 Å². The van der Waals surface area contributed by atoms with Gasteiger partial charge in [-0.2, -0.15) is 0 Å². The molecule has 9 nitrogen and oxygen atoms in total. The maximum atomic E-state index is 13.0. The van der Waals surface area contributed by atoms with Crippen LogP contribution >= 0.6 is 0 Å². The van der Waals surface area contributed by atoms with E-state index in [1.54, 1.807) is 0 Å². The van der Waals surface area contributed by atoms with E-state index in [1.807, 2.05) is 21.1 Å². The van der Waals surface area contributed by atoms with Crippen LogP contribution in [0.5, 0.6) is 0 Å². The highest BCUT2D eigenvalue weighted by atomic mass is 16.7. The molecule has 2 atom stereocenters. The number of unbranched alkanes of at least 4 members (excludes halogenated alkanes) is 39. The summed E-state index contributed by atoms with van der Waals surface area (Å²) in [4.78, 5) is 37.7. The smallest absolute Gasteiger partial charge is 0.361 e. The quantitative estimate of drug-likeness (QED) is 0.0211. The summed E-state index contributed by atoms with van der Waals surface area (Å²) in [6.45, 7) is 4.79. The van der Waals surface area contributed by atoms with E-state index < -0.39 is 24.3 Å². The van der Waals surface area contributed by atoms with Crippen LogP contribution in [0.3, 0.4) is 0 Å². The third-order valence-electron chi connectivity index (χ3n) is 17.0. The summed E-state index contributed by atoms with van der Waals surface area (Å²) in [7, 11) is 5.99. The summed E-state index contributed by atoms with van der Waals surface area (Å²) in [5.41, 5.74) is 0. The molecule has 0 aliphatic heterocycles. The Kier molecular flexibility index (Phi) is 70.5. The first-order valence-corrected chi connectivity index (χ1v) is 39.1. The molecule has 9 heteroatoms. The average Bonchev–Trinajstić information content (AvgIpc) is 3.38. The lowest BCUT2D eigenvalue weighted by molar-refractivity contribution is -0.870. The van der Waals surface area contributed by atoms with Crippen molar-refractivity contribution in [3.63, 3.8) is 0 Å². The Morgan fingerprint density at radius 3 is 0.914 bits per heavy atom.